The van der Waals surface area contributed by atoms with Crippen LogP contribution in [0.2, 0.25) is 0 Å². The average Bonchev–Trinajstić information content (AvgIpc) is 3.23. The molecule has 0 amide bonds. The lowest BCUT2D eigenvalue weighted by Gasteiger charge is -2.39. The zero-order valence-electron chi connectivity index (χ0n) is 16.5. The quantitative estimate of drug-likeness (QED) is 0.785. The number of piperidine rings is 1. The van der Waals surface area contributed by atoms with Crippen molar-refractivity contribution in [1.82, 2.24) is 9.97 Å². The van der Waals surface area contributed by atoms with Crippen LogP contribution in [0.4, 0.5) is 21.8 Å². The highest BCUT2D eigenvalue weighted by Gasteiger charge is 2.40. The Bertz CT molecular complexity index is 825. The lowest BCUT2D eigenvalue weighted by atomic mass is 10.0. The highest BCUT2D eigenvalue weighted by atomic mass is 19.1. The third kappa shape index (κ3) is 3.86. The number of halogens is 1. The first-order valence-electron chi connectivity index (χ1n) is 10.3. The Labute approximate surface area is 170 Å². The zero-order chi connectivity index (χ0) is 19.7. The first-order chi connectivity index (χ1) is 14.2. The third-order valence-corrected chi connectivity index (χ3v) is 6.05. The normalized spacial score (nSPS) is 21.8. The second kappa shape index (κ2) is 7.76. The summed E-state index contributed by atoms with van der Waals surface area (Å²) in [7, 11) is 0. The minimum Gasteiger partial charge on any atom is -0.368 e. The number of hydrogen-bond donors (Lipinski definition) is 0. The van der Waals surface area contributed by atoms with Gasteiger partial charge in [-0.25, -0.2) is 9.37 Å². The number of aromatic nitrogens is 2. The molecule has 1 spiro atoms. The van der Waals surface area contributed by atoms with Crippen molar-refractivity contribution in [3.8, 4) is 0 Å². The largest absolute Gasteiger partial charge is 0.368 e. The van der Waals surface area contributed by atoms with E-state index in [4.69, 9.17) is 14.5 Å². The highest BCUT2D eigenvalue weighted by Crippen LogP contribution is 2.33. The number of anilines is 3. The first-order valence-corrected chi connectivity index (χ1v) is 10.3. The van der Waals surface area contributed by atoms with E-state index in [1.807, 2.05) is 24.4 Å². The average molecular weight is 399 g/mol. The molecule has 0 atom stereocenters. The van der Waals surface area contributed by atoms with Crippen LogP contribution in [0.1, 0.15) is 12.8 Å². The SMILES string of the molecule is Fc1ccc(N2CCN(c3nccc(N4CCC5(CC4)OCCO5)n3)CC2)cc1. The molecular formula is C21H26FN5O2. The van der Waals surface area contributed by atoms with Crippen molar-refractivity contribution < 1.29 is 13.9 Å². The van der Waals surface area contributed by atoms with E-state index in [1.54, 1.807) is 0 Å². The molecule has 0 bridgehead atoms. The van der Waals surface area contributed by atoms with Gasteiger partial charge in [0.05, 0.1) is 13.2 Å². The number of piperazine rings is 1. The van der Waals surface area contributed by atoms with Crippen molar-refractivity contribution in [3.05, 3.63) is 42.3 Å². The minimum atomic E-state index is -0.372. The van der Waals surface area contributed by atoms with Crippen molar-refractivity contribution in [3.63, 3.8) is 0 Å². The molecule has 0 unspecified atom stereocenters. The molecule has 0 aliphatic carbocycles. The van der Waals surface area contributed by atoms with Gasteiger partial charge in [-0.2, -0.15) is 4.98 Å². The lowest BCUT2D eigenvalue weighted by Crippen LogP contribution is -2.47. The summed E-state index contributed by atoms with van der Waals surface area (Å²) in [5.41, 5.74) is 1.05. The molecule has 3 aliphatic heterocycles. The summed E-state index contributed by atoms with van der Waals surface area (Å²) in [5, 5.41) is 0. The van der Waals surface area contributed by atoms with Crippen molar-refractivity contribution in [2.45, 2.75) is 18.6 Å². The minimum absolute atomic E-state index is 0.202. The molecular weight excluding hydrogens is 373 g/mol. The molecule has 5 rings (SSSR count). The molecule has 8 heteroatoms. The topological polar surface area (TPSA) is 54.0 Å². The van der Waals surface area contributed by atoms with Crippen LogP contribution in [-0.2, 0) is 9.47 Å². The number of ether oxygens (including phenoxy) is 2. The van der Waals surface area contributed by atoms with E-state index in [2.05, 4.69) is 19.7 Å². The smallest absolute Gasteiger partial charge is 0.227 e. The van der Waals surface area contributed by atoms with Gasteiger partial charge in [0, 0.05) is 64.0 Å². The first kappa shape index (κ1) is 18.6. The Hall–Kier alpha value is -2.45. The van der Waals surface area contributed by atoms with Crippen LogP contribution in [0.15, 0.2) is 36.5 Å². The fourth-order valence-corrected chi connectivity index (χ4v) is 4.35. The fraction of sp³-hybridized carbons (Fsp3) is 0.524. The van der Waals surface area contributed by atoms with Gasteiger partial charge in [0.2, 0.25) is 5.95 Å². The van der Waals surface area contributed by atoms with E-state index in [0.717, 1.165) is 69.6 Å². The molecule has 1 aromatic heterocycles. The van der Waals surface area contributed by atoms with Crippen LogP contribution < -0.4 is 14.7 Å². The summed E-state index contributed by atoms with van der Waals surface area (Å²) in [6, 6.07) is 8.68. The van der Waals surface area contributed by atoms with E-state index in [-0.39, 0.29) is 11.6 Å². The van der Waals surface area contributed by atoms with Gasteiger partial charge in [-0.1, -0.05) is 0 Å². The predicted octanol–water partition coefficient (Wildman–Crippen LogP) is 2.29. The van der Waals surface area contributed by atoms with Crippen LogP contribution in [0.25, 0.3) is 0 Å². The summed E-state index contributed by atoms with van der Waals surface area (Å²) < 4.78 is 24.8. The Morgan fingerprint density at radius 3 is 2.14 bits per heavy atom. The zero-order valence-corrected chi connectivity index (χ0v) is 16.5. The Morgan fingerprint density at radius 1 is 0.793 bits per heavy atom. The van der Waals surface area contributed by atoms with E-state index in [0.29, 0.717) is 13.2 Å². The van der Waals surface area contributed by atoms with Gasteiger partial charge in [-0.15, -0.1) is 0 Å². The molecule has 3 saturated heterocycles. The van der Waals surface area contributed by atoms with E-state index in [9.17, 15) is 4.39 Å². The third-order valence-electron chi connectivity index (χ3n) is 6.05. The number of nitrogens with zero attached hydrogens (tertiary/aromatic N) is 5. The molecule has 2 aromatic rings. The predicted molar refractivity (Wildman–Crippen MR) is 109 cm³/mol. The van der Waals surface area contributed by atoms with Gasteiger partial charge in [0.1, 0.15) is 11.6 Å². The molecule has 3 aliphatic rings. The molecule has 154 valence electrons. The molecule has 0 radical (unpaired) electrons. The Morgan fingerprint density at radius 2 is 1.45 bits per heavy atom. The van der Waals surface area contributed by atoms with Crippen molar-refractivity contribution in [2.24, 2.45) is 0 Å². The second-order valence-electron chi connectivity index (χ2n) is 7.76. The van der Waals surface area contributed by atoms with Crippen LogP contribution >= 0.6 is 0 Å². The van der Waals surface area contributed by atoms with Crippen LogP contribution in [0, 0.1) is 5.82 Å². The molecule has 0 saturated carbocycles. The molecule has 0 N–H and O–H groups in total. The fourth-order valence-electron chi connectivity index (χ4n) is 4.35. The van der Waals surface area contributed by atoms with Crippen molar-refractivity contribution in [2.75, 3.05) is 67.2 Å². The maximum Gasteiger partial charge on any atom is 0.227 e. The van der Waals surface area contributed by atoms with Gasteiger partial charge in [0.15, 0.2) is 5.79 Å². The maximum atomic E-state index is 13.2. The monoisotopic (exact) mass is 399 g/mol. The van der Waals surface area contributed by atoms with Gasteiger partial charge < -0.3 is 24.2 Å². The highest BCUT2D eigenvalue weighted by molar-refractivity contribution is 5.49. The van der Waals surface area contributed by atoms with Crippen LogP contribution in [-0.4, -0.2) is 68.2 Å². The van der Waals surface area contributed by atoms with E-state index in [1.165, 1.54) is 12.1 Å². The van der Waals surface area contributed by atoms with Gasteiger partial charge >= 0.3 is 0 Å². The molecule has 29 heavy (non-hydrogen) atoms. The van der Waals surface area contributed by atoms with Crippen molar-refractivity contribution in [1.29, 1.82) is 0 Å². The van der Waals surface area contributed by atoms with Gasteiger partial charge in [-0.05, 0) is 30.3 Å². The van der Waals surface area contributed by atoms with Crippen molar-refractivity contribution >= 4 is 17.5 Å². The summed E-state index contributed by atoms with van der Waals surface area (Å²) in [6.45, 7) is 6.53. The summed E-state index contributed by atoms with van der Waals surface area (Å²) in [5.74, 6) is 1.16. The van der Waals surface area contributed by atoms with Crippen LogP contribution in [0.5, 0.6) is 0 Å². The molecule has 3 fully saturated rings. The van der Waals surface area contributed by atoms with Gasteiger partial charge in [-0.3, -0.25) is 0 Å². The Balaban J connectivity index is 1.21. The second-order valence-corrected chi connectivity index (χ2v) is 7.76. The Kier molecular flexibility index (Phi) is 4.97. The van der Waals surface area contributed by atoms with E-state index >= 15 is 0 Å². The number of hydrogen-bond acceptors (Lipinski definition) is 7. The van der Waals surface area contributed by atoms with Gasteiger partial charge in [0.25, 0.3) is 0 Å². The lowest BCUT2D eigenvalue weighted by molar-refractivity contribution is -0.169. The number of benzene rings is 1. The van der Waals surface area contributed by atoms with E-state index < -0.39 is 0 Å². The summed E-state index contributed by atoms with van der Waals surface area (Å²) in [6.07, 6.45) is 3.57. The standard InChI is InChI=1S/C21H26FN5O2/c22-17-1-3-18(4-2-17)25-11-13-27(14-12-25)20-23-8-5-19(24-20)26-9-6-21(7-10-26)28-15-16-29-21/h1-5,8H,6-7,9-16H2. The van der Waals surface area contributed by atoms with Crippen LogP contribution in [0.3, 0.4) is 0 Å². The summed E-state index contributed by atoms with van der Waals surface area (Å²) in [4.78, 5) is 16.1. The molecule has 1 aromatic carbocycles. The molecule has 7 nitrogen and oxygen atoms in total. The maximum absolute atomic E-state index is 13.2. The number of rotatable bonds is 3. The molecule has 4 heterocycles. The summed E-state index contributed by atoms with van der Waals surface area (Å²) >= 11 is 0.